The fourth-order valence-electron chi connectivity index (χ4n) is 3.12. The third kappa shape index (κ3) is 4.43. The summed E-state index contributed by atoms with van der Waals surface area (Å²) in [6, 6.07) is 11.8. The van der Waals surface area contributed by atoms with Gasteiger partial charge < -0.3 is 5.32 Å². The molecule has 0 bridgehead atoms. The van der Waals surface area contributed by atoms with Gasteiger partial charge in [-0.1, -0.05) is 49.0 Å². The van der Waals surface area contributed by atoms with Crippen LogP contribution in [0.1, 0.15) is 31.7 Å². The smallest absolute Gasteiger partial charge is 0.157 e. The molecule has 4 heteroatoms. The normalized spacial score (nSPS) is 28.6. The Bertz CT molecular complexity index is 475. The van der Waals surface area contributed by atoms with E-state index in [-0.39, 0.29) is 0 Å². The van der Waals surface area contributed by atoms with Crippen molar-refractivity contribution in [3.8, 4) is 0 Å². The first-order valence-electron chi connectivity index (χ1n) is 7.96. The fraction of sp³-hybridized carbons (Fsp3) is 0.588. The Hall–Kier alpha value is -0.610. The zero-order valence-corrected chi connectivity index (χ0v) is 14.3. The van der Waals surface area contributed by atoms with Crippen LogP contribution in [0.25, 0.3) is 0 Å². The van der Waals surface area contributed by atoms with Crippen molar-refractivity contribution in [1.29, 1.82) is 0 Å². The molecule has 1 aromatic carbocycles. The molecule has 1 N–H and O–H groups in total. The van der Waals surface area contributed by atoms with Gasteiger partial charge in [0.25, 0.3) is 0 Å². The lowest BCUT2D eigenvalue weighted by Crippen LogP contribution is -2.30. The summed E-state index contributed by atoms with van der Waals surface area (Å²) in [4.78, 5) is 4.88. The van der Waals surface area contributed by atoms with Gasteiger partial charge in [-0.3, -0.25) is 4.99 Å². The molecular weight excluding hydrogens is 296 g/mol. The number of aliphatic imine (C=N–C) groups is 1. The third-order valence-electron chi connectivity index (χ3n) is 4.14. The molecule has 2 nitrogen and oxygen atoms in total. The maximum atomic E-state index is 4.88. The van der Waals surface area contributed by atoms with Gasteiger partial charge in [0, 0.05) is 17.0 Å². The Morgan fingerprint density at radius 1 is 1.29 bits per heavy atom. The number of amidine groups is 1. The predicted molar refractivity (Wildman–Crippen MR) is 96.5 cm³/mol. The van der Waals surface area contributed by atoms with Crippen LogP contribution in [-0.2, 0) is 6.42 Å². The minimum Gasteiger partial charge on any atom is -0.362 e. The van der Waals surface area contributed by atoms with Gasteiger partial charge in [0.15, 0.2) is 5.17 Å². The van der Waals surface area contributed by atoms with Crippen molar-refractivity contribution in [3.05, 3.63) is 35.9 Å². The predicted octanol–water partition coefficient (Wildman–Crippen LogP) is 3.96. The molecule has 1 aliphatic carbocycles. The highest BCUT2D eigenvalue weighted by molar-refractivity contribution is 8.14. The second-order valence-electron chi connectivity index (χ2n) is 5.82. The van der Waals surface area contributed by atoms with Gasteiger partial charge in [-0.05, 0) is 37.0 Å². The zero-order valence-electron chi connectivity index (χ0n) is 12.6. The van der Waals surface area contributed by atoms with Crippen molar-refractivity contribution in [2.45, 2.75) is 49.9 Å². The zero-order chi connectivity index (χ0) is 14.5. The van der Waals surface area contributed by atoms with E-state index in [0.717, 1.165) is 17.4 Å². The maximum absolute atomic E-state index is 4.88. The van der Waals surface area contributed by atoms with E-state index >= 15 is 0 Å². The van der Waals surface area contributed by atoms with E-state index in [9.17, 15) is 0 Å². The van der Waals surface area contributed by atoms with Crippen LogP contribution < -0.4 is 5.32 Å². The Kier molecular flexibility index (Phi) is 5.53. The van der Waals surface area contributed by atoms with Crippen LogP contribution in [0.2, 0.25) is 0 Å². The number of nitrogens with one attached hydrogen (secondary N) is 1. The van der Waals surface area contributed by atoms with Crippen molar-refractivity contribution < 1.29 is 0 Å². The van der Waals surface area contributed by atoms with Gasteiger partial charge >= 0.3 is 0 Å². The SMILES string of the molecule is CCSC1CCC(NC2=NC(Cc3ccccc3)CS2)C1. The van der Waals surface area contributed by atoms with E-state index in [1.54, 1.807) is 0 Å². The Morgan fingerprint density at radius 3 is 2.95 bits per heavy atom. The molecule has 1 aliphatic heterocycles. The summed E-state index contributed by atoms with van der Waals surface area (Å²) in [6.45, 7) is 2.26. The first-order valence-corrected chi connectivity index (χ1v) is 9.99. The number of hydrogen-bond donors (Lipinski definition) is 1. The third-order valence-corrected chi connectivity index (χ3v) is 6.42. The molecule has 0 spiro atoms. The number of thioether (sulfide) groups is 2. The van der Waals surface area contributed by atoms with E-state index in [4.69, 9.17) is 4.99 Å². The van der Waals surface area contributed by atoms with Crippen LogP contribution in [0.4, 0.5) is 0 Å². The highest BCUT2D eigenvalue weighted by Gasteiger charge is 2.27. The Labute approximate surface area is 136 Å². The van der Waals surface area contributed by atoms with Crippen LogP contribution in [0, 0.1) is 0 Å². The van der Waals surface area contributed by atoms with Gasteiger partial charge in [0.2, 0.25) is 0 Å². The lowest BCUT2D eigenvalue weighted by Gasteiger charge is -2.13. The second-order valence-corrected chi connectivity index (χ2v) is 8.41. The molecule has 2 aliphatic rings. The highest BCUT2D eigenvalue weighted by Crippen LogP contribution is 2.30. The molecule has 3 rings (SSSR count). The summed E-state index contributed by atoms with van der Waals surface area (Å²) in [5, 5.41) is 5.73. The molecule has 1 fully saturated rings. The van der Waals surface area contributed by atoms with Gasteiger partial charge in [0.1, 0.15) is 0 Å². The average molecular weight is 321 g/mol. The minimum absolute atomic E-state index is 0.446. The van der Waals surface area contributed by atoms with Crippen molar-refractivity contribution in [1.82, 2.24) is 5.32 Å². The number of hydrogen-bond acceptors (Lipinski definition) is 4. The molecule has 21 heavy (non-hydrogen) atoms. The largest absolute Gasteiger partial charge is 0.362 e. The topological polar surface area (TPSA) is 24.4 Å². The quantitative estimate of drug-likeness (QED) is 0.888. The Balaban J connectivity index is 1.48. The molecule has 0 amide bonds. The molecule has 3 atom stereocenters. The lowest BCUT2D eigenvalue weighted by molar-refractivity contribution is 0.633. The van der Waals surface area contributed by atoms with E-state index in [1.165, 1.54) is 35.7 Å². The molecule has 1 heterocycles. The van der Waals surface area contributed by atoms with Crippen LogP contribution in [0.5, 0.6) is 0 Å². The summed E-state index contributed by atoms with van der Waals surface area (Å²) in [5.74, 6) is 2.36. The van der Waals surface area contributed by atoms with E-state index in [2.05, 4.69) is 54.3 Å². The molecular formula is C17H24N2S2. The van der Waals surface area contributed by atoms with Crippen molar-refractivity contribution in [3.63, 3.8) is 0 Å². The number of benzene rings is 1. The maximum Gasteiger partial charge on any atom is 0.157 e. The molecule has 0 saturated heterocycles. The first-order chi connectivity index (χ1) is 10.3. The van der Waals surface area contributed by atoms with E-state index in [1.807, 2.05) is 11.8 Å². The highest BCUT2D eigenvalue weighted by atomic mass is 32.2. The molecule has 1 aromatic rings. The molecule has 114 valence electrons. The molecule has 3 unspecified atom stereocenters. The standard InChI is InChI=1S/C17H24N2S2/c1-2-20-16-9-8-14(11-16)18-17-19-15(12-21-17)10-13-6-4-3-5-7-13/h3-7,14-16H,2,8-12H2,1H3,(H,18,19). The van der Waals surface area contributed by atoms with Crippen LogP contribution >= 0.6 is 23.5 Å². The molecule has 0 radical (unpaired) electrons. The van der Waals surface area contributed by atoms with Gasteiger partial charge in [-0.2, -0.15) is 11.8 Å². The fourth-order valence-corrected chi connectivity index (χ4v) is 5.28. The summed E-state index contributed by atoms with van der Waals surface area (Å²) in [7, 11) is 0. The summed E-state index contributed by atoms with van der Waals surface area (Å²) < 4.78 is 0. The van der Waals surface area contributed by atoms with Crippen LogP contribution in [-0.4, -0.2) is 34.0 Å². The van der Waals surface area contributed by atoms with Crippen LogP contribution in [0.3, 0.4) is 0 Å². The molecule has 1 saturated carbocycles. The van der Waals surface area contributed by atoms with Crippen molar-refractivity contribution in [2.75, 3.05) is 11.5 Å². The van der Waals surface area contributed by atoms with Gasteiger partial charge in [-0.25, -0.2) is 0 Å². The lowest BCUT2D eigenvalue weighted by atomic mass is 10.1. The van der Waals surface area contributed by atoms with Crippen molar-refractivity contribution >= 4 is 28.7 Å². The van der Waals surface area contributed by atoms with E-state index < -0.39 is 0 Å². The average Bonchev–Trinajstić information content (AvgIpc) is 3.11. The van der Waals surface area contributed by atoms with E-state index in [0.29, 0.717) is 12.1 Å². The first kappa shape index (κ1) is 15.3. The van der Waals surface area contributed by atoms with Crippen molar-refractivity contribution in [2.24, 2.45) is 4.99 Å². The monoisotopic (exact) mass is 320 g/mol. The minimum atomic E-state index is 0.446. The number of nitrogens with zero attached hydrogens (tertiary/aromatic N) is 1. The Morgan fingerprint density at radius 2 is 2.14 bits per heavy atom. The summed E-state index contributed by atoms with van der Waals surface area (Å²) in [5.41, 5.74) is 1.40. The number of rotatable bonds is 5. The summed E-state index contributed by atoms with van der Waals surface area (Å²) in [6.07, 6.45) is 5.04. The van der Waals surface area contributed by atoms with Gasteiger partial charge in [-0.15, -0.1) is 0 Å². The molecule has 0 aromatic heterocycles. The second kappa shape index (κ2) is 7.59. The van der Waals surface area contributed by atoms with Crippen LogP contribution in [0.15, 0.2) is 35.3 Å². The summed E-state index contributed by atoms with van der Waals surface area (Å²) >= 11 is 4.02. The van der Waals surface area contributed by atoms with Gasteiger partial charge in [0.05, 0.1) is 6.04 Å².